The van der Waals surface area contributed by atoms with Crippen LogP contribution in [-0.2, 0) is 0 Å². The second kappa shape index (κ2) is 13.0. The van der Waals surface area contributed by atoms with Crippen LogP contribution in [0.2, 0.25) is 0 Å². The summed E-state index contributed by atoms with van der Waals surface area (Å²) < 4.78 is 4.63. The van der Waals surface area contributed by atoms with Crippen LogP contribution in [0.15, 0.2) is 200 Å². The molecule has 11 rings (SSSR count). The van der Waals surface area contributed by atoms with Crippen molar-refractivity contribution in [2.24, 2.45) is 0 Å². The Labute approximate surface area is 323 Å². The Balaban J connectivity index is 1.15. The van der Waals surface area contributed by atoms with E-state index in [4.69, 9.17) is 9.97 Å². The van der Waals surface area contributed by atoms with Crippen molar-refractivity contribution >= 4 is 43.6 Å². The molecule has 5 heteroatoms. The van der Waals surface area contributed by atoms with Crippen LogP contribution in [0, 0.1) is 0 Å². The lowest BCUT2D eigenvalue weighted by molar-refractivity contribution is 1.05. The zero-order valence-electron chi connectivity index (χ0n) is 30.3. The summed E-state index contributed by atoms with van der Waals surface area (Å²) in [6.45, 7) is 0. The third kappa shape index (κ3) is 5.29. The van der Waals surface area contributed by atoms with Crippen molar-refractivity contribution in [3.63, 3.8) is 0 Å². The van der Waals surface area contributed by atoms with E-state index in [1.807, 2.05) is 36.7 Å². The highest BCUT2D eigenvalue weighted by atomic mass is 15.1. The zero-order chi connectivity index (χ0) is 37.0. The van der Waals surface area contributed by atoms with Gasteiger partial charge in [0.1, 0.15) is 5.82 Å². The molecular formula is C51H33N5. The molecular weight excluding hydrogens is 683 g/mol. The topological polar surface area (TPSA) is 48.5 Å². The average Bonchev–Trinajstić information content (AvgIpc) is 3.79. The second-order valence-electron chi connectivity index (χ2n) is 14.1. The van der Waals surface area contributed by atoms with Crippen LogP contribution in [0.4, 0.5) is 0 Å². The lowest BCUT2D eigenvalue weighted by Crippen LogP contribution is -2.02. The molecule has 262 valence electrons. The van der Waals surface area contributed by atoms with Gasteiger partial charge in [-0.3, -0.25) is 9.55 Å². The summed E-state index contributed by atoms with van der Waals surface area (Å²) in [4.78, 5) is 14.6. The molecule has 0 atom stereocenters. The highest BCUT2D eigenvalue weighted by Gasteiger charge is 2.19. The lowest BCUT2D eigenvalue weighted by Gasteiger charge is -2.12. The average molecular weight is 716 g/mol. The van der Waals surface area contributed by atoms with Gasteiger partial charge in [-0.05, 0) is 76.9 Å². The minimum Gasteiger partial charge on any atom is -0.309 e. The van der Waals surface area contributed by atoms with Crippen molar-refractivity contribution in [2.75, 3.05) is 0 Å². The van der Waals surface area contributed by atoms with Crippen molar-refractivity contribution in [3.05, 3.63) is 200 Å². The van der Waals surface area contributed by atoms with Crippen LogP contribution in [0.1, 0.15) is 0 Å². The van der Waals surface area contributed by atoms with Crippen LogP contribution >= 0.6 is 0 Å². The van der Waals surface area contributed by atoms with E-state index in [-0.39, 0.29) is 0 Å². The number of nitrogens with zero attached hydrogens (tertiary/aromatic N) is 5. The number of para-hydroxylation sites is 1. The van der Waals surface area contributed by atoms with E-state index in [9.17, 15) is 0 Å². The number of rotatable bonds is 6. The van der Waals surface area contributed by atoms with Crippen molar-refractivity contribution in [1.29, 1.82) is 0 Å². The smallest absolute Gasteiger partial charge is 0.162 e. The lowest BCUT2D eigenvalue weighted by atomic mass is 9.99. The fourth-order valence-corrected chi connectivity index (χ4v) is 8.21. The molecule has 4 heterocycles. The minimum atomic E-state index is 0.689. The fraction of sp³-hybridized carbons (Fsp3) is 0. The molecule has 0 aliphatic carbocycles. The Morgan fingerprint density at radius 1 is 0.321 bits per heavy atom. The highest BCUT2D eigenvalue weighted by molar-refractivity contribution is 6.13. The highest BCUT2D eigenvalue weighted by Crippen LogP contribution is 2.40. The van der Waals surface area contributed by atoms with Gasteiger partial charge in [-0.1, -0.05) is 127 Å². The predicted octanol–water partition coefficient (Wildman–Crippen LogP) is 12.7. The van der Waals surface area contributed by atoms with Crippen molar-refractivity contribution in [3.8, 4) is 56.4 Å². The molecule has 7 aromatic carbocycles. The summed E-state index contributed by atoms with van der Waals surface area (Å²) in [5.41, 5.74) is 13.2. The van der Waals surface area contributed by atoms with Crippen LogP contribution in [-0.4, -0.2) is 24.1 Å². The van der Waals surface area contributed by atoms with Gasteiger partial charge in [0.15, 0.2) is 5.82 Å². The maximum atomic E-state index is 5.27. The summed E-state index contributed by atoms with van der Waals surface area (Å²) in [6.07, 6.45) is 3.71. The number of hydrogen-bond donors (Lipinski definition) is 0. The number of aromatic nitrogens is 5. The van der Waals surface area contributed by atoms with Gasteiger partial charge in [0, 0.05) is 56.8 Å². The first-order valence-corrected chi connectivity index (χ1v) is 18.8. The summed E-state index contributed by atoms with van der Waals surface area (Å²) in [7, 11) is 0. The van der Waals surface area contributed by atoms with E-state index in [2.05, 4.69) is 178 Å². The molecule has 0 bridgehead atoms. The second-order valence-corrected chi connectivity index (χ2v) is 14.1. The van der Waals surface area contributed by atoms with Gasteiger partial charge in [-0.2, -0.15) is 0 Å². The summed E-state index contributed by atoms with van der Waals surface area (Å²) in [5.74, 6) is 1.51. The normalized spacial score (nSPS) is 11.6. The van der Waals surface area contributed by atoms with E-state index in [0.29, 0.717) is 5.82 Å². The fourth-order valence-electron chi connectivity index (χ4n) is 8.21. The molecule has 0 amide bonds. The van der Waals surface area contributed by atoms with E-state index >= 15 is 0 Å². The molecule has 4 aromatic heterocycles. The molecule has 0 aliphatic heterocycles. The monoisotopic (exact) mass is 715 g/mol. The Morgan fingerprint density at radius 3 is 1.43 bits per heavy atom. The number of hydrogen-bond acceptors (Lipinski definition) is 3. The molecule has 0 aliphatic rings. The van der Waals surface area contributed by atoms with E-state index in [1.54, 1.807) is 0 Å². The van der Waals surface area contributed by atoms with Crippen LogP contribution in [0.5, 0.6) is 0 Å². The van der Waals surface area contributed by atoms with Gasteiger partial charge in [0.05, 0.1) is 27.8 Å². The van der Waals surface area contributed by atoms with Crippen LogP contribution in [0.25, 0.3) is 100 Å². The Kier molecular flexibility index (Phi) is 7.42. The first-order chi connectivity index (χ1) is 27.8. The Hall–Kier alpha value is -7.63. The number of fused-ring (bicyclic) bond motifs is 6. The van der Waals surface area contributed by atoms with E-state index in [0.717, 1.165) is 55.9 Å². The van der Waals surface area contributed by atoms with Crippen LogP contribution < -0.4 is 0 Å². The van der Waals surface area contributed by atoms with Gasteiger partial charge in [-0.15, -0.1) is 0 Å². The molecule has 0 N–H and O–H groups in total. The zero-order valence-corrected chi connectivity index (χ0v) is 30.3. The van der Waals surface area contributed by atoms with Gasteiger partial charge in [0.25, 0.3) is 0 Å². The molecule has 56 heavy (non-hydrogen) atoms. The standard InChI is InChI=1S/C51H33N5/c1-4-12-34(13-5-1)37-20-24-48-43(30-37)44-32-39(38-21-23-47-42(31-38)41-18-10-11-19-46(41)55(47)40-26-28-52-29-27-40)22-25-49(44)56(48)50-33-45(35-14-6-2-7-15-35)53-51(54-50)36-16-8-3-9-17-36/h1-33H. The Morgan fingerprint density at radius 2 is 0.804 bits per heavy atom. The largest absolute Gasteiger partial charge is 0.309 e. The molecule has 11 aromatic rings. The van der Waals surface area contributed by atoms with Gasteiger partial charge in [0.2, 0.25) is 0 Å². The van der Waals surface area contributed by atoms with Gasteiger partial charge in [-0.25, -0.2) is 9.97 Å². The molecule has 0 unspecified atom stereocenters. The first kappa shape index (κ1) is 31.9. The number of benzene rings is 7. The molecule has 0 saturated carbocycles. The maximum absolute atomic E-state index is 5.27. The molecule has 0 saturated heterocycles. The quantitative estimate of drug-likeness (QED) is 0.172. The SMILES string of the molecule is c1ccc(-c2ccc3c(c2)c2cc(-c4ccc5c(c4)c4ccccc4n5-c4ccncc4)ccc2n3-c2cc(-c3ccccc3)nc(-c3ccccc3)n2)cc1. The van der Waals surface area contributed by atoms with E-state index in [1.165, 1.54) is 38.3 Å². The third-order valence-corrected chi connectivity index (χ3v) is 10.8. The summed E-state index contributed by atoms with van der Waals surface area (Å²) >= 11 is 0. The predicted molar refractivity (Wildman–Crippen MR) is 230 cm³/mol. The summed E-state index contributed by atoms with van der Waals surface area (Å²) in [5, 5.41) is 4.76. The first-order valence-electron chi connectivity index (χ1n) is 18.8. The third-order valence-electron chi connectivity index (χ3n) is 10.8. The minimum absolute atomic E-state index is 0.689. The molecule has 5 nitrogen and oxygen atoms in total. The van der Waals surface area contributed by atoms with Gasteiger partial charge >= 0.3 is 0 Å². The Bertz CT molecular complexity index is 3160. The van der Waals surface area contributed by atoms with E-state index < -0.39 is 0 Å². The number of pyridine rings is 1. The summed E-state index contributed by atoms with van der Waals surface area (Å²) in [6, 6.07) is 66.6. The van der Waals surface area contributed by atoms with Crippen molar-refractivity contribution in [2.45, 2.75) is 0 Å². The molecule has 0 fully saturated rings. The van der Waals surface area contributed by atoms with Crippen molar-refractivity contribution in [1.82, 2.24) is 24.1 Å². The molecule has 0 spiro atoms. The van der Waals surface area contributed by atoms with Crippen molar-refractivity contribution < 1.29 is 0 Å². The van der Waals surface area contributed by atoms with Gasteiger partial charge < -0.3 is 4.57 Å². The maximum Gasteiger partial charge on any atom is 0.162 e. The van der Waals surface area contributed by atoms with Crippen LogP contribution in [0.3, 0.4) is 0 Å². The molecule has 0 radical (unpaired) electrons.